The first kappa shape index (κ1) is 27.1. The van der Waals surface area contributed by atoms with Crippen molar-refractivity contribution >= 4 is 5.97 Å². The topological polar surface area (TPSA) is 70.4 Å². The third kappa shape index (κ3) is 6.82. The molecule has 1 heterocycles. The maximum absolute atomic E-state index is 12.3. The van der Waals surface area contributed by atoms with Crippen molar-refractivity contribution in [3.05, 3.63) is 77.2 Å². The minimum atomic E-state index is -1.08. The van der Waals surface area contributed by atoms with Gasteiger partial charge in [0.05, 0.1) is 20.0 Å². The van der Waals surface area contributed by atoms with E-state index < -0.39 is 5.60 Å². The fourth-order valence-electron chi connectivity index (χ4n) is 4.05. The van der Waals surface area contributed by atoms with Crippen molar-refractivity contribution in [1.29, 1.82) is 0 Å². The number of furan rings is 1. The monoisotopic (exact) mass is 495 g/mol. The number of methoxy groups -OCH3 is 1. The molecule has 0 N–H and O–H groups in total. The standard InChI is InChI=1S/C29H37NO6/c1-8-33-28(31)29(4,5)36-27-20(2)16-22(17-21(27)3)18-30(6)25(26-10-9-15-34-26)19-35-24-13-11-23(32-7)12-14-24/h9-17,25H,8,18-19H2,1-7H3. The average molecular weight is 496 g/mol. The Morgan fingerprint density at radius 2 is 1.69 bits per heavy atom. The number of benzene rings is 2. The second kappa shape index (κ2) is 12.0. The second-order valence-electron chi connectivity index (χ2n) is 9.32. The van der Waals surface area contributed by atoms with Gasteiger partial charge < -0.3 is 23.4 Å². The Bertz CT molecular complexity index is 1100. The summed E-state index contributed by atoms with van der Waals surface area (Å²) in [6.07, 6.45) is 1.68. The third-order valence-corrected chi connectivity index (χ3v) is 5.95. The van der Waals surface area contributed by atoms with Crippen molar-refractivity contribution in [3.63, 3.8) is 0 Å². The van der Waals surface area contributed by atoms with Crippen LogP contribution in [0.15, 0.2) is 59.2 Å². The highest BCUT2D eigenvalue weighted by molar-refractivity contribution is 5.79. The minimum Gasteiger partial charge on any atom is -0.497 e. The highest BCUT2D eigenvalue weighted by Gasteiger charge is 2.32. The van der Waals surface area contributed by atoms with Gasteiger partial charge in [0.25, 0.3) is 0 Å². The van der Waals surface area contributed by atoms with Gasteiger partial charge in [-0.25, -0.2) is 4.79 Å². The third-order valence-electron chi connectivity index (χ3n) is 5.95. The quantitative estimate of drug-likeness (QED) is 0.291. The van der Waals surface area contributed by atoms with Crippen LogP contribution in [0, 0.1) is 13.8 Å². The van der Waals surface area contributed by atoms with Crippen LogP contribution >= 0.6 is 0 Å². The Labute approximate surface area is 213 Å². The van der Waals surface area contributed by atoms with E-state index in [0.29, 0.717) is 25.5 Å². The van der Waals surface area contributed by atoms with E-state index in [9.17, 15) is 4.79 Å². The summed E-state index contributed by atoms with van der Waals surface area (Å²) in [4.78, 5) is 14.5. The number of esters is 1. The number of carbonyl (C=O) groups is 1. The predicted molar refractivity (Wildman–Crippen MR) is 139 cm³/mol. The number of aryl methyl sites for hydroxylation is 2. The van der Waals surface area contributed by atoms with E-state index in [1.165, 1.54) is 0 Å². The molecule has 7 heteroatoms. The Morgan fingerprint density at radius 1 is 1.06 bits per heavy atom. The second-order valence-corrected chi connectivity index (χ2v) is 9.32. The lowest BCUT2D eigenvalue weighted by Crippen LogP contribution is -2.40. The molecule has 0 radical (unpaired) electrons. The van der Waals surface area contributed by atoms with Crippen LogP contribution in [-0.4, -0.2) is 43.8 Å². The maximum Gasteiger partial charge on any atom is 0.349 e. The van der Waals surface area contributed by atoms with Crippen molar-refractivity contribution in [2.24, 2.45) is 0 Å². The number of hydrogen-bond acceptors (Lipinski definition) is 7. The van der Waals surface area contributed by atoms with Crippen LogP contribution in [0.3, 0.4) is 0 Å². The summed E-state index contributed by atoms with van der Waals surface area (Å²) in [5.41, 5.74) is 1.96. The molecule has 0 aliphatic heterocycles. The molecule has 0 fully saturated rings. The van der Waals surface area contributed by atoms with Gasteiger partial charge in [-0.1, -0.05) is 12.1 Å². The molecular weight excluding hydrogens is 458 g/mol. The smallest absolute Gasteiger partial charge is 0.349 e. The van der Waals surface area contributed by atoms with Crippen molar-refractivity contribution < 1.29 is 28.2 Å². The summed E-state index contributed by atoms with van der Waals surface area (Å²) in [5, 5.41) is 0. The number of likely N-dealkylation sites (N-methyl/N-ethyl adjacent to an activating group) is 1. The van der Waals surface area contributed by atoms with Gasteiger partial charge in [-0.2, -0.15) is 0 Å². The summed E-state index contributed by atoms with van der Waals surface area (Å²) in [5.74, 6) is 2.69. The molecule has 1 atom stereocenters. The van der Waals surface area contributed by atoms with Gasteiger partial charge in [0.15, 0.2) is 5.60 Å². The van der Waals surface area contributed by atoms with E-state index in [4.69, 9.17) is 23.4 Å². The van der Waals surface area contributed by atoms with Crippen molar-refractivity contribution in [2.75, 3.05) is 27.4 Å². The largest absolute Gasteiger partial charge is 0.497 e. The van der Waals surface area contributed by atoms with Crippen LogP contribution in [0.25, 0.3) is 0 Å². The first-order valence-corrected chi connectivity index (χ1v) is 12.1. The summed E-state index contributed by atoms with van der Waals surface area (Å²) in [6, 6.07) is 15.5. The van der Waals surface area contributed by atoms with Crippen LogP contribution in [0.1, 0.15) is 49.3 Å². The number of hydrogen-bond donors (Lipinski definition) is 0. The summed E-state index contributed by atoms with van der Waals surface area (Å²) in [6.45, 7) is 10.6. The number of rotatable bonds is 12. The Hall–Kier alpha value is -3.45. The van der Waals surface area contributed by atoms with Gasteiger partial charge in [0.1, 0.15) is 35.7 Å². The van der Waals surface area contributed by atoms with Crippen LogP contribution in [0.5, 0.6) is 17.2 Å². The minimum absolute atomic E-state index is 0.0959. The molecule has 1 aromatic heterocycles. The fraction of sp³-hybridized carbons (Fsp3) is 0.414. The molecule has 3 aromatic rings. The molecule has 0 aliphatic rings. The molecule has 0 saturated carbocycles. The molecule has 3 rings (SSSR count). The van der Waals surface area contributed by atoms with E-state index in [0.717, 1.165) is 33.9 Å². The molecule has 0 aliphatic carbocycles. The van der Waals surface area contributed by atoms with Gasteiger partial charge in [-0.05, 0) is 94.8 Å². The average Bonchev–Trinajstić information content (AvgIpc) is 3.37. The Kier molecular flexibility index (Phi) is 9.04. The summed E-state index contributed by atoms with van der Waals surface area (Å²) < 4.78 is 28.3. The Morgan fingerprint density at radius 3 is 2.25 bits per heavy atom. The number of ether oxygens (including phenoxy) is 4. The first-order valence-electron chi connectivity index (χ1n) is 12.1. The molecule has 7 nitrogen and oxygen atoms in total. The number of carbonyl (C=O) groups excluding carboxylic acids is 1. The van der Waals surface area contributed by atoms with Crippen molar-refractivity contribution in [2.45, 2.75) is 52.8 Å². The molecule has 0 amide bonds. The zero-order chi connectivity index (χ0) is 26.3. The lowest BCUT2D eigenvalue weighted by molar-refractivity contribution is -0.158. The normalized spacial score (nSPS) is 12.3. The SMILES string of the molecule is CCOC(=O)C(C)(C)Oc1c(C)cc(CN(C)C(COc2ccc(OC)cc2)c2ccco2)cc1C. The fourth-order valence-corrected chi connectivity index (χ4v) is 4.05. The molecule has 36 heavy (non-hydrogen) atoms. The summed E-state index contributed by atoms with van der Waals surface area (Å²) >= 11 is 0. The van der Waals surface area contributed by atoms with Crippen LogP contribution in [-0.2, 0) is 16.1 Å². The molecule has 0 spiro atoms. The van der Waals surface area contributed by atoms with Gasteiger partial charge in [0, 0.05) is 6.54 Å². The van der Waals surface area contributed by atoms with Gasteiger partial charge in [0.2, 0.25) is 0 Å². The zero-order valence-corrected chi connectivity index (χ0v) is 22.3. The van der Waals surface area contributed by atoms with Crippen molar-refractivity contribution in [3.8, 4) is 17.2 Å². The predicted octanol–water partition coefficient (Wildman–Crippen LogP) is 5.88. The molecule has 0 bridgehead atoms. The van der Waals surface area contributed by atoms with E-state index in [1.807, 2.05) is 57.3 Å². The zero-order valence-electron chi connectivity index (χ0n) is 22.3. The van der Waals surface area contributed by atoms with Crippen LogP contribution < -0.4 is 14.2 Å². The molecule has 194 valence electrons. The molecule has 0 saturated heterocycles. The van der Waals surface area contributed by atoms with E-state index in [-0.39, 0.29) is 12.0 Å². The first-order chi connectivity index (χ1) is 17.1. The highest BCUT2D eigenvalue weighted by Crippen LogP contribution is 2.31. The maximum atomic E-state index is 12.3. The van der Waals surface area contributed by atoms with Gasteiger partial charge >= 0.3 is 5.97 Å². The van der Waals surface area contributed by atoms with Crippen LogP contribution in [0.4, 0.5) is 0 Å². The van der Waals surface area contributed by atoms with E-state index >= 15 is 0 Å². The highest BCUT2D eigenvalue weighted by atomic mass is 16.6. The van der Waals surface area contributed by atoms with Crippen molar-refractivity contribution in [1.82, 2.24) is 4.90 Å². The van der Waals surface area contributed by atoms with Gasteiger partial charge in [-0.15, -0.1) is 0 Å². The number of nitrogens with zero attached hydrogens (tertiary/aromatic N) is 1. The molecule has 2 aromatic carbocycles. The van der Waals surface area contributed by atoms with E-state index in [1.54, 1.807) is 34.1 Å². The lowest BCUT2D eigenvalue weighted by Gasteiger charge is -2.28. The Balaban J connectivity index is 1.74. The lowest BCUT2D eigenvalue weighted by atomic mass is 10.0. The summed E-state index contributed by atoms with van der Waals surface area (Å²) in [7, 11) is 3.69. The van der Waals surface area contributed by atoms with E-state index in [2.05, 4.69) is 17.0 Å². The molecular formula is C29H37NO6. The molecule has 1 unspecified atom stereocenters. The van der Waals surface area contributed by atoms with Gasteiger partial charge in [-0.3, -0.25) is 4.90 Å². The van der Waals surface area contributed by atoms with Crippen LogP contribution in [0.2, 0.25) is 0 Å².